The SMILES string of the molecule is C/C=C/c1ccc(OCC(=O)NC(CC)CC)c(OC)c1. The predicted molar refractivity (Wildman–Crippen MR) is 85.7 cm³/mol. The van der Waals surface area contributed by atoms with Gasteiger partial charge >= 0.3 is 0 Å². The molecule has 0 aliphatic heterocycles. The van der Waals surface area contributed by atoms with E-state index in [9.17, 15) is 4.79 Å². The van der Waals surface area contributed by atoms with Crippen molar-refractivity contribution < 1.29 is 14.3 Å². The quantitative estimate of drug-likeness (QED) is 0.798. The second-order valence-corrected chi connectivity index (χ2v) is 4.78. The summed E-state index contributed by atoms with van der Waals surface area (Å²) in [5.41, 5.74) is 1.03. The third-order valence-corrected chi connectivity index (χ3v) is 3.26. The van der Waals surface area contributed by atoms with Crippen molar-refractivity contribution in [1.82, 2.24) is 5.32 Å². The first-order valence-corrected chi connectivity index (χ1v) is 7.37. The molecule has 4 heteroatoms. The molecule has 0 aliphatic carbocycles. The molecule has 0 aliphatic rings. The number of carbonyl (C=O) groups is 1. The number of hydrogen-bond acceptors (Lipinski definition) is 3. The van der Waals surface area contributed by atoms with E-state index in [0.717, 1.165) is 18.4 Å². The highest BCUT2D eigenvalue weighted by Crippen LogP contribution is 2.28. The third-order valence-electron chi connectivity index (χ3n) is 3.26. The lowest BCUT2D eigenvalue weighted by Gasteiger charge is -2.16. The predicted octanol–water partition coefficient (Wildman–Crippen LogP) is 3.41. The smallest absolute Gasteiger partial charge is 0.258 e. The molecule has 0 saturated carbocycles. The summed E-state index contributed by atoms with van der Waals surface area (Å²) in [4.78, 5) is 11.8. The van der Waals surface area contributed by atoms with Crippen molar-refractivity contribution in [3.8, 4) is 11.5 Å². The Morgan fingerprint density at radius 2 is 2.00 bits per heavy atom. The first-order valence-electron chi connectivity index (χ1n) is 7.37. The van der Waals surface area contributed by atoms with Crippen LogP contribution in [0.25, 0.3) is 6.08 Å². The molecule has 1 aromatic rings. The number of ether oxygens (including phenoxy) is 2. The van der Waals surface area contributed by atoms with Gasteiger partial charge in [0.1, 0.15) is 0 Å². The number of amides is 1. The van der Waals surface area contributed by atoms with E-state index in [1.165, 1.54) is 0 Å². The summed E-state index contributed by atoms with van der Waals surface area (Å²) in [6, 6.07) is 5.84. The molecule has 0 fully saturated rings. The first kappa shape index (κ1) is 17.1. The van der Waals surface area contributed by atoms with Gasteiger partial charge in [0.25, 0.3) is 5.91 Å². The highest BCUT2D eigenvalue weighted by atomic mass is 16.5. The fourth-order valence-electron chi connectivity index (χ4n) is 2.00. The second kappa shape index (κ2) is 9.06. The largest absolute Gasteiger partial charge is 0.493 e. The minimum absolute atomic E-state index is 0.00414. The molecule has 0 saturated heterocycles. The molecule has 21 heavy (non-hydrogen) atoms. The number of benzene rings is 1. The first-order chi connectivity index (χ1) is 10.1. The average molecular weight is 291 g/mol. The van der Waals surface area contributed by atoms with Gasteiger partial charge in [-0.2, -0.15) is 0 Å². The molecule has 4 nitrogen and oxygen atoms in total. The second-order valence-electron chi connectivity index (χ2n) is 4.78. The zero-order valence-electron chi connectivity index (χ0n) is 13.3. The molecule has 0 heterocycles. The zero-order valence-corrected chi connectivity index (χ0v) is 13.3. The van der Waals surface area contributed by atoms with Gasteiger partial charge in [-0.25, -0.2) is 0 Å². The van der Waals surface area contributed by atoms with Gasteiger partial charge in [0.2, 0.25) is 0 Å². The summed E-state index contributed by atoms with van der Waals surface area (Å²) >= 11 is 0. The van der Waals surface area contributed by atoms with Crippen LogP contribution < -0.4 is 14.8 Å². The van der Waals surface area contributed by atoms with E-state index in [1.54, 1.807) is 7.11 Å². The molecule has 0 unspecified atom stereocenters. The van der Waals surface area contributed by atoms with E-state index < -0.39 is 0 Å². The highest BCUT2D eigenvalue weighted by Gasteiger charge is 2.11. The van der Waals surface area contributed by atoms with E-state index in [0.29, 0.717) is 11.5 Å². The monoisotopic (exact) mass is 291 g/mol. The van der Waals surface area contributed by atoms with Crippen LogP contribution in [0, 0.1) is 0 Å². The molecule has 0 radical (unpaired) electrons. The van der Waals surface area contributed by atoms with Crippen LogP contribution in [0.5, 0.6) is 11.5 Å². The fraction of sp³-hybridized carbons (Fsp3) is 0.471. The van der Waals surface area contributed by atoms with E-state index in [2.05, 4.69) is 19.2 Å². The topological polar surface area (TPSA) is 47.6 Å². The van der Waals surface area contributed by atoms with Gasteiger partial charge in [0, 0.05) is 6.04 Å². The molecular weight excluding hydrogens is 266 g/mol. The fourth-order valence-corrected chi connectivity index (χ4v) is 2.00. The molecule has 0 bridgehead atoms. The van der Waals surface area contributed by atoms with Crippen LogP contribution in [0.15, 0.2) is 24.3 Å². The third kappa shape index (κ3) is 5.50. The van der Waals surface area contributed by atoms with Crippen LogP contribution >= 0.6 is 0 Å². The van der Waals surface area contributed by atoms with Gasteiger partial charge < -0.3 is 14.8 Å². The van der Waals surface area contributed by atoms with E-state index >= 15 is 0 Å². The molecule has 116 valence electrons. The van der Waals surface area contributed by atoms with E-state index in [4.69, 9.17) is 9.47 Å². The Bertz CT molecular complexity index is 479. The van der Waals surface area contributed by atoms with Crippen molar-refractivity contribution >= 4 is 12.0 Å². The summed E-state index contributed by atoms with van der Waals surface area (Å²) in [5.74, 6) is 1.09. The number of methoxy groups -OCH3 is 1. The molecule has 1 N–H and O–H groups in total. The molecule has 0 atom stereocenters. The maximum atomic E-state index is 11.8. The Balaban J connectivity index is 2.64. The average Bonchev–Trinajstić information content (AvgIpc) is 2.51. The standard InChI is InChI=1S/C17H25NO3/c1-5-8-13-9-10-15(16(11-13)20-4)21-12-17(19)18-14(6-2)7-3/h5,8-11,14H,6-7,12H2,1-4H3,(H,18,19)/b8-5+. The molecule has 0 spiro atoms. The number of carbonyl (C=O) groups excluding carboxylic acids is 1. The maximum Gasteiger partial charge on any atom is 0.258 e. The Morgan fingerprint density at radius 1 is 1.29 bits per heavy atom. The van der Waals surface area contributed by atoms with Gasteiger partial charge in [-0.1, -0.05) is 32.1 Å². The lowest BCUT2D eigenvalue weighted by molar-refractivity contribution is -0.123. The van der Waals surface area contributed by atoms with Crippen molar-refractivity contribution in [2.75, 3.05) is 13.7 Å². The van der Waals surface area contributed by atoms with Crippen molar-refractivity contribution in [3.63, 3.8) is 0 Å². The number of nitrogens with one attached hydrogen (secondary N) is 1. The minimum Gasteiger partial charge on any atom is -0.493 e. The Labute approximate surface area is 127 Å². The highest BCUT2D eigenvalue weighted by molar-refractivity contribution is 5.78. The van der Waals surface area contributed by atoms with Crippen LogP contribution in [0.1, 0.15) is 39.2 Å². The summed E-state index contributed by atoms with van der Waals surface area (Å²) in [5, 5.41) is 2.94. The van der Waals surface area contributed by atoms with Crippen molar-refractivity contribution in [2.45, 2.75) is 39.7 Å². The van der Waals surface area contributed by atoms with Crippen LogP contribution in [0.3, 0.4) is 0 Å². The van der Waals surface area contributed by atoms with E-state index in [-0.39, 0.29) is 18.6 Å². The van der Waals surface area contributed by atoms with Gasteiger partial charge in [-0.05, 0) is 37.5 Å². The lowest BCUT2D eigenvalue weighted by Crippen LogP contribution is -2.37. The normalized spacial score (nSPS) is 10.9. The van der Waals surface area contributed by atoms with Gasteiger partial charge in [0.05, 0.1) is 7.11 Å². The summed E-state index contributed by atoms with van der Waals surface area (Å²) in [6.45, 7) is 6.06. The number of allylic oxidation sites excluding steroid dienone is 1. The molecule has 0 aromatic heterocycles. The Kier molecular flexibility index (Phi) is 7.37. The zero-order chi connectivity index (χ0) is 15.7. The van der Waals surface area contributed by atoms with Crippen LogP contribution in [0.4, 0.5) is 0 Å². The number of hydrogen-bond donors (Lipinski definition) is 1. The van der Waals surface area contributed by atoms with E-state index in [1.807, 2.05) is 37.3 Å². The van der Waals surface area contributed by atoms with Gasteiger partial charge in [-0.15, -0.1) is 0 Å². The molecule has 1 rings (SSSR count). The van der Waals surface area contributed by atoms with Gasteiger partial charge in [0.15, 0.2) is 18.1 Å². The molecule has 1 amide bonds. The van der Waals surface area contributed by atoms with Crippen molar-refractivity contribution in [1.29, 1.82) is 0 Å². The Hall–Kier alpha value is -1.97. The van der Waals surface area contributed by atoms with Crippen molar-refractivity contribution in [2.24, 2.45) is 0 Å². The minimum atomic E-state index is -0.108. The van der Waals surface area contributed by atoms with Crippen LogP contribution in [-0.2, 0) is 4.79 Å². The van der Waals surface area contributed by atoms with Crippen molar-refractivity contribution in [3.05, 3.63) is 29.8 Å². The lowest BCUT2D eigenvalue weighted by atomic mass is 10.2. The summed E-state index contributed by atoms with van der Waals surface area (Å²) < 4.78 is 10.8. The Morgan fingerprint density at radius 3 is 2.57 bits per heavy atom. The molecular formula is C17H25NO3. The summed E-state index contributed by atoms with van der Waals surface area (Å²) in [7, 11) is 1.59. The maximum absolute atomic E-state index is 11.8. The van der Waals surface area contributed by atoms with Crippen LogP contribution in [-0.4, -0.2) is 25.7 Å². The molecule has 1 aromatic carbocycles. The van der Waals surface area contributed by atoms with Gasteiger partial charge in [-0.3, -0.25) is 4.79 Å². The number of rotatable bonds is 8. The summed E-state index contributed by atoms with van der Waals surface area (Å²) in [6.07, 6.45) is 5.78. The van der Waals surface area contributed by atoms with Crippen LogP contribution in [0.2, 0.25) is 0 Å².